The van der Waals surface area contributed by atoms with Crippen LogP contribution in [0.2, 0.25) is 0 Å². The van der Waals surface area contributed by atoms with E-state index in [-0.39, 0.29) is 0 Å². The van der Waals surface area contributed by atoms with Crippen LogP contribution in [0.25, 0.3) is 0 Å². The molecule has 0 aliphatic rings. The summed E-state index contributed by atoms with van der Waals surface area (Å²) >= 11 is 6.07. The van der Waals surface area contributed by atoms with Crippen molar-refractivity contribution < 1.29 is 0 Å². The summed E-state index contributed by atoms with van der Waals surface area (Å²) in [6.07, 6.45) is 7.23. The molecule has 0 amide bonds. The largest absolute Gasteiger partial charge is 0.122 e. The fourth-order valence-corrected chi connectivity index (χ4v) is 2.79. The van der Waals surface area contributed by atoms with E-state index in [1.165, 1.54) is 49.7 Å². The molecule has 0 unspecified atom stereocenters. The van der Waals surface area contributed by atoms with Gasteiger partial charge in [0.25, 0.3) is 0 Å². The zero-order valence-electron chi connectivity index (χ0n) is 11.5. The predicted molar refractivity (Wildman–Crippen MR) is 78.0 cm³/mol. The van der Waals surface area contributed by atoms with Crippen LogP contribution in [-0.4, -0.2) is 0 Å². The van der Waals surface area contributed by atoms with Crippen LogP contribution >= 0.6 is 11.6 Å². The second-order valence-electron chi connectivity index (χ2n) is 4.72. The van der Waals surface area contributed by atoms with Gasteiger partial charge in [0.15, 0.2) is 0 Å². The molecule has 1 rings (SSSR count). The molecule has 0 saturated carbocycles. The van der Waals surface area contributed by atoms with Crippen LogP contribution in [0.15, 0.2) is 12.1 Å². The van der Waals surface area contributed by atoms with Gasteiger partial charge in [-0.25, -0.2) is 0 Å². The molecule has 1 aromatic rings. The van der Waals surface area contributed by atoms with Gasteiger partial charge >= 0.3 is 0 Å². The quantitative estimate of drug-likeness (QED) is 0.579. The Morgan fingerprint density at radius 2 is 1.24 bits per heavy atom. The summed E-state index contributed by atoms with van der Waals surface area (Å²) < 4.78 is 0. The van der Waals surface area contributed by atoms with Gasteiger partial charge in [0.1, 0.15) is 0 Å². The fraction of sp³-hybridized carbons (Fsp3) is 0.625. The molecule has 0 aliphatic heterocycles. The predicted octanol–water partition coefficient (Wildman–Crippen LogP) is 5.28. The minimum absolute atomic E-state index is 0.651. The van der Waals surface area contributed by atoms with Crippen LogP contribution in [0.3, 0.4) is 0 Å². The van der Waals surface area contributed by atoms with Gasteiger partial charge in [0.05, 0.1) is 0 Å². The maximum absolute atomic E-state index is 6.07. The Morgan fingerprint density at radius 3 is 1.71 bits per heavy atom. The Labute approximate surface area is 111 Å². The van der Waals surface area contributed by atoms with Crippen molar-refractivity contribution in [1.82, 2.24) is 0 Å². The standard InChI is InChI=1S/C16H25Cl/c1-4-7-13-10-11-14(12-17)16(9-6-3)15(13)8-5-2/h10-11H,4-9,12H2,1-3H3. The maximum Gasteiger partial charge on any atom is 0.0476 e. The number of rotatable bonds is 7. The van der Waals surface area contributed by atoms with Gasteiger partial charge in [-0.05, 0) is 41.5 Å². The van der Waals surface area contributed by atoms with E-state index in [0.717, 1.165) is 0 Å². The van der Waals surface area contributed by atoms with E-state index < -0.39 is 0 Å². The molecular weight excluding hydrogens is 228 g/mol. The van der Waals surface area contributed by atoms with Gasteiger partial charge in [-0.15, -0.1) is 11.6 Å². The van der Waals surface area contributed by atoms with E-state index in [1.54, 1.807) is 11.1 Å². The van der Waals surface area contributed by atoms with Crippen LogP contribution in [0, 0.1) is 0 Å². The zero-order chi connectivity index (χ0) is 12.7. The first-order valence-corrected chi connectivity index (χ1v) is 7.50. The Bertz CT molecular complexity index is 342. The second kappa shape index (κ2) is 7.76. The third-order valence-corrected chi connectivity index (χ3v) is 3.58. The minimum Gasteiger partial charge on any atom is -0.122 e. The first-order valence-electron chi connectivity index (χ1n) is 6.96. The van der Waals surface area contributed by atoms with Crippen LogP contribution in [0.1, 0.15) is 62.3 Å². The Kier molecular flexibility index (Phi) is 6.65. The monoisotopic (exact) mass is 252 g/mol. The molecule has 0 bridgehead atoms. The molecule has 0 radical (unpaired) electrons. The molecule has 0 aliphatic carbocycles. The van der Waals surface area contributed by atoms with E-state index in [1.807, 2.05) is 0 Å². The maximum atomic E-state index is 6.07. The van der Waals surface area contributed by atoms with Crippen LogP contribution in [-0.2, 0) is 25.1 Å². The Hall–Kier alpha value is -0.490. The molecule has 0 aromatic heterocycles. The number of hydrogen-bond donors (Lipinski definition) is 0. The number of benzene rings is 1. The summed E-state index contributed by atoms with van der Waals surface area (Å²) in [6.45, 7) is 6.77. The highest BCUT2D eigenvalue weighted by atomic mass is 35.5. The van der Waals surface area contributed by atoms with Gasteiger partial charge < -0.3 is 0 Å². The van der Waals surface area contributed by atoms with Crippen molar-refractivity contribution in [2.24, 2.45) is 0 Å². The molecule has 1 heteroatoms. The molecule has 0 heterocycles. The first kappa shape index (κ1) is 14.6. The van der Waals surface area contributed by atoms with E-state index in [0.29, 0.717) is 5.88 Å². The topological polar surface area (TPSA) is 0 Å². The molecule has 0 atom stereocenters. The van der Waals surface area contributed by atoms with Gasteiger partial charge in [-0.1, -0.05) is 52.2 Å². The van der Waals surface area contributed by atoms with Gasteiger partial charge in [0, 0.05) is 5.88 Å². The minimum atomic E-state index is 0.651. The molecule has 96 valence electrons. The van der Waals surface area contributed by atoms with Crippen molar-refractivity contribution >= 4 is 11.6 Å². The second-order valence-corrected chi connectivity index (χ2v) is 4.99. The number of aryl methyl sites for hydroxylation is 1. The highest BCUT2D eigenvalue weighted by molar-refractivity contribution is 6.17. The summed E-state index contributed by atoms with van der Waals surface area (Å²) in [5.41, 5.74) is 6.02. The van der Waals surface area contributed by atoms with Crippen molar-refractivity contribution in [3.05, 3.63) is 34.4 Å². The number of hydrogen-bond acceptors (Lipinski definition) is 0. The average Bonchev–Trinajstić information content (AvgIpc) is 2.34. The van der Waals surface area contributed by atoms with E-state index in [2.05, 4.69) is 32.9 Å². The van der Waals surface area contributed by atoms with Gasteiger partial charge in [0.2, 0.25) is 0 Å². The van der Waals surface area contributed by atoms with Crippen LogP contribution in [0.4, 0.5) is 0 Å². The van der Waals surface area contributed by atoms with Crippen LogP contribution < -0.4 is 0 Å². The van der Waals surface area contributed by atoms with Crippen molar-refractivity contribution in [3.8, 4) is 0 Å². The van der Waals surface area contributed by atoms with Crippen LogP contribution in [0.5, 0.6) is 0 Å². The average molecular weight is 253 g/mol. The van der Waals surface area contributed by atoms with E-state index in [9.17, 15) is 0 Å². The summed E-state index contributed by atoms with van der Waals surface area (Å²) in [5.74, 6) is 0.651. The zero-order valence-corrected chi connectivity index (χ0v) is 12.2. The summed E-state index contributed by atoms with van der Waals surface area (Å²) in [4.78, 5) is 0. The Balaban J connectivity index is 3.20. The van der Waals surface area contributed by atoms with Crippen molar-refractivity contribution in [1.29, 1.82) is 0 Å². The molecule has 0 N–H and O–H groups in total. The van der Waals surface area contributed by atoms with Crippen molar-refractivity contribution in [3.63, 3.8) is 0 Å². The molecule has 17 heavy (non-hydrogen) atoms. The van der Waals surface area contributed by atoms with Gasteiger partial charge in [-0.3, -0.25) is 0 Å². The smallest absolute Gasteiger partial charge is 0.0476 e. The fourth-order valence-electron chi connectivity index (χ4n) is 2.54. The molecule has 0 spiro atoms. The molecule has 0 nitrogen and oxygen atoms in total. The molecule has 0 saturated heterocycles. The van der Waals surface area contributed by atoms with E-state index >= 15 is 0 Å². The van der Waals surface area contributed by atoms with Crippen molar-refractivity contribution in [2.75, 3.05) is 0 Å². The molecular formula is C16H25Cl. The normalized spacial score (nSPS) is 10.8. The molecule has 1 aromatic carbocycles. The SMILES string of the molecule is CCCc1ccc(CCl)c(CCC)c1CCC. The number of halogens is 1. The van der Waals surface area contributed by atoms with Gasteiger partial charge in [-0.2, -0.15) is 0 Å². The molecule has 0 fully saturated rings. The number of alkyl halides is 1. The lowest BCUT2D eigenvalue weighted by Crippen LogP contribution is -2.04. The summed E-state index contributed by atoms with van der Waals surface area (Å²) in [7, 11) is 0. The first-order chi connectivity index (χ1) is 8.28. The third kappa shape index (κ3) is 3.74. The summed E-state index contributed by atoms with van der Waals surface area (Å²) in [5, 5.41) is 0. The highest BCUT2D eigenvalue weighted by Gasteiger charge is 2.11. The lowest BCUT2D eigenvalue weighted by molar-refractivity contribution is 0.819. The Morgan fingerprint density at radius 1 is 0.765 bits per heavy atom. The highest BCUT2D eigenvalue weighted by Crippen LogP contribution is 2.25. The lowest BCUT2D eigenvalue weighted by Gasteiger charge is -2.17. The van der Waals surface area contributed by atoms with E-state index in [4.69, 9.17) is 11.6 Å². The third-order valence-electron chi connectivity index (χ3n) is 3.29. The summed E-state index contributed by atoms with van der Waals surface area (Å²) in [6, 6.07) is 4.54. The lowest BCUT2D eigenvalue weighted by atomic mass is 9.89. The van der Waals surface area contributed by atoms with Crippen molar-refractivity contribution in [2.45, 2.75) is 65.2 Å².